The van der Waals surface area contributed by atoms with Crippen molar-refractivity contribution in [2.45, 2.75) is 38.1 Å². The lowest BCUT2D eigenvalue weighted by molar-refractivity contribution is -0.116. The molecule has 5 nitrogen and oxygen atoms in total. The number of anilines is 1. The van der Waals surface area contributed by atoms with Gasteiger partial charge in [0.1, 0.15) is 0 Å². The topological polar surface area (TPSA) is 67.4 Å². The monoisotopic (exact) mass is 346 g/mol. The molecule has 0 bridgehead atoms. The highest BCUT2D eigenvalue weighted by atomic mass is 32.2. The quantitative estimate of drug-likeness (QED) is 0.878. The lowest BCUT2D eigenvalue weighted by atomic mass is 9.95. The van der Waals surface area contributed by atoms with Crippen molar-refractivity contribution in [2.75, 3.05) is 17.7 Å². The molecule has 24 heavy (non-hydrogen) atoms. The summed E-state index contributed by atoms with van der Waals surface area (Å²) >= 11 is 1.56. The van der Waals surface area contributed by atoms with E-state index in [1.807, 2.05) is 0 Å². The molecular formula is C18H22N2O3S. The van der Waals surface area contributed by atoms with Crippen LogP contribution < -0.4 is 10.6 Å². The van der Waals surface area contributed by atoms with E-state index in [1.165, 1.54) is 19.3 Å². The van der Waals surface area contributed by atoms with Gasteiger partial charge in [0.2, 0.25) is 0 Å². The van der Waals surface area contributed by atoms with Gasteiger partial charge in [-0.3, -0.25) is 9.59 Å². The fourth-order valence-corrected chi connectivity index (χ4v) is 3.52. The summed E-state index contributed by atoms with van der Waals surface area (Å²) in [4.78, 5) is 24.3. The Labute approximate surface area is 146 Å². The van der Waals surface area contributed by atoms with Gasteiger partial charge in [-0.25, -0.2) is 0 Å². The van der Waals surface area contributed by atoms with Gasteiger partial charge in [-0.15, -0.1) is 11.8 Å². The summed E-state index contributed by atoms with van der Waals surface area (Å²) in [5, 5.41) is 7.60. The van der Waals surface area contributed by atoms with Gasteiger partial charge in [-0.1, -0.05) is 19.3 Å². The maximum Gasteiger partial charge on any atom is 0.291 e. The number of thioether (sulfide) groups is 1. The van der Waals surface area contributed by atoms with Crippen LogP contribution >= 0.6 is 11.8 Å². The number of nitrogens with one attached hydrogen (secondary N) is 2. The maximum absolute atomic E-state index is 12.3. The summed E-state index contributed by atoms with van der Waals surface area (Å²) in [5.41, 5.74) is 1.26. The lowest BCUT2D eigenvalue weighted by Gasteiger charge is -2.22. The number of ether oxygens (including phenoxy) is 1. The van der Waals surface area contributed by atoms with Gasteiger partial charge in [0, 0.05) is 28.5 Å². The Kier molecular flexibility index (Phi) is 5.80. The molecule has 0 unspecified atom stereocenters. The normalized spacial score (nSPS) is 18.2. The van der Waals surface area contributed by atoms with E-state index in [0.29, 0.717) is 29.7 Å². The van der Waals surface area contributed by atoms with E-state index in [1.54, 1.807) is 41.4 Å². The highest BCUT2D eigenvalue weighted by Gasteiger charge is 2.17. The number of carbonyl (C=O) groups is 2. The van der Waals surface area contributed by atoms with Crippen LogP contribution in [0.3, 0.4) is 0 Å². The largest absolute Gasteiger partial charge is 0.487 e. The third kappa shape index (κ3) is 4.54. The Morgan fingerprint density at radius 3 is 2.46 bits per heavy atom. The second-order valence-corrected chi connectivity index (χ2v) is 7.02. The maximum atomic E-state index is 12.3. The predicted octanol–water partition coefficient (Wildman–Crippen LogP) is 3.29. The highest BCUT2D eigenvalue weighted by Crippen LogP contribution is 2.19. The van der Waals surface area contributed by atoms with E-state index >= 15 is 0 Å². The van der Waals surface area contributed by atoms with Gasteiger partial charge < -0.3 is 15.4 Å². The van der Waals surface area contributed by atoms with Gasteiger partial charge in [-0.2, -0.15) is 0 Å². The SMILES string of the molecule is O=C(Nc1ccc(C(=O)NC2CCCCC2)cc1)C1=CSCCO1. The number of benzene rings is 1. The van der Waals surface area contributed by atoms with Crippen LogP contribution in [-0.2, 0) is 9.53 Å². The smallest absolute Gasteiger partial charge is 0.291 e. The van der Waals surface area contributed by atoms with Gasteiger partial charge >= 0.3 is 0 Å². The van der Waals surface area contributed by atoms with Crippen LogP contribution in [0.5, 0.6) is 0 Å². The molecule has 1 aromatic carbocycles. The molecule has 1 aliphatic heterocycles. The summed E-state index contributed by atoms with van der Waals surface area (Å²) in [5.74, 6) is 0.892. The van der Waals surface area contributed by atoms with Gasteiger partial charge in [0.25, 0.3) is 11.8 Å². The predicted molar refractivity (Wildman–Crippen MR) is 95.9 cm³/mol. The van der Waals surface area contributed by atoms with E-state index in [0.717, 1.165) is 18.6 Å². The van der Waals surface area contributed by atoms with Crippen LogP contribution in [0.2, 0.25) is 0 Å². The lowest BCUT2D eigenvalue weighted by Crippen LogP contribution is -2.36. The van der Waals surface area contributed by atoms with Crippen molar-refractivity contribution in [3.8, 4) is 0 Å². The first kappa shape index (κ1) is 16.9. The van der Waals surface area contributed by atoms with Crippen LogP contribution in [0.15, 0.2) is 35.4 Å². The molecule has 2 N–H and O–H groups in total. The van der Waals surface area contributed by atoms with Crippen LogP contribution in [0, 0.1) is 0 Å². The molecule has 1 fully saturated rings. The third-order valence-electron chi connectivity index (χ3n) is 4.22. The number of hydrogen-bond acceptors (Lipinski definition) is 4. The van der Waals surface area contributed by atoms with Crippen LogP contribution in [0.4, 0.5) is 5.69 Å². The van der Waals surface area contributed by atoms with E-state index in [2.05, 4.69) is 10.6 Å². The third-order valence-corrected chi connectivity index (χ3v) is 5.00. The second-order valence-electron chi connectivity index (χ2n) is 6.04. The average molecular weight is 346 g/mol. The summed E-state index contributed by atoms with van der Waals surface area (Å²) < 4.78 is 5.32. The zero-order chi connectivity index (χ0) is 16.8. The highest BCUT2D eigenvalue weighted by molar-refractivity contribution is 8.02. The van der Waals surface area contributed by atoms with Crippen molar-refractivity contribution in [1.29, 1.82) is 0 Å². The van der Waals surface area contributed by atoms with Crippen molar-refractivity contribution in [2.24, 2.45) is 0 Å². The van der Waals surface area contributed by atoms with Crippen molar-refractivity contribution >= 4 is 29.3 Å². The van der Waals surface area contributed by atoms with E-state index < -0.39 is 0 Å². The van der Waals surface area contributed by atoms with Crippen molar-refractivity contribution in [3.05, 3.63) is 41.0 Å². The van der Waals surface area contributed by atoms with Crippen LogP contribution in [0.25, 0.3) is 0 Å². The minimum atomic E-state index is -0.262. The Morgan fingerprint density at radius 1 is 1.04 bits per heavy atom. The molecule has 0 aromatic heterocycles. The summed E-state index contributed by atoms with van der Waals surface area (Å²) in [7, 11) is 0. The molecular weight excluding hydrogens is 324 g/mol. The molecule has 3 rings (SSSR count). The Bertz CT molecular complexity index is 622. The first-order chi connectivity index (χ1) is 11.7. The standard InChI is InChI=1S/C18H22N2O3S/c21-17(19-14-4-2-1-3-5-14)13-6-8-15(9-7-13)20-18(22)16-12-24-11-10-23-16/h6-9,12,14H,1-5,10-11H2,(H,19,21)(H,20,22). The fourth-order valence-electron chi connectivity index (χ4n) is 2.90. The minimum Gasteiger partial charge on any atom is -0.487 e. The molecule has 0 spiro atoms. The zero-order valence-corrected chi connectivity index (χ0v) is 14.4. The number of hydrogen-bond donors (Lipinski definition) is 2. The van der Waals surface area contributed by atoms with Gasteiger partial charge in [0.15, 0.2) is 5.76 Å². The van der Waals surface area contributed by atoms with Crippen molar-refractivity contribution in [1.82, 2.24) is 5.32 Å². The number of carbonyl (C=O) groups excluding carboxylic acids is 2. The molecule has 0 atom stereocenters. The Hall–Kier alpha value is -1.95. The zero-order valence-electron chi connectivity index (χ0n) is 13.5. The Morgan fingerprint density at radius 2 is 1.79 bits per heavy atom. The molecule has 1 saturated carbocycles. The number of rotatable bonds is 4. The Balaban J connectivity index is 1.55. The molecule has 0 saturated heterocycles. The molecule has 1 aromatic rings. The first-order valence-corrected chi connectivity index (χ1v) is 9.44. The van der Waals surface area contributed by atoms with Gasteiger partial charge in [0.05, 0.1) is 6.61 Å². The second kappa shape index (κ2) is 8.24. The van der Waals surface area contributed by atoms with Crippen molar-refractivity contribution in [3.63, 3.8) is 0 Å². The van der Waals surface area contributed by atoms with Crippen molar-refractivity contribution < 1.29 is 14.3 Å². The van der Waals surface area contributed by atoms with Gasteiger partial charge in [-0.05, 0) is 37.1 Å². The molecule has 2 amide bonds. The molecule has 128 valence electrons. The minimum absolute atomic E-state index is 0.0468. The van der Waals surface area contributed by atoms with E-state index in [-0.39, 0.29) is 11.8 Å². The molecule has 2 aliphatic rings. The molecule has 1 aliphatic carbocycles. The summed E-state index contributed by atoms with van der Waals surface area (Å²) in [6.07, 6.45) is 5.76. The molecule has 1 heterocycles. The van der Waals surface area contributed by atoms with E-state index in [9.17, 15) is 9.59 Å². The summed E-state index contributed by atoms with van der Waals surface area (Å²) in [6, 6.07) is 7.24. The van der Waals surface area contributed by atoms with E-state index in [4.69, 9.17) is 4.74 Å². The van der Waals surface area contributed by atoms with Crippen LogP contribution in [0.1, 0.15) is 42.5 Å². The van der Waals surface area contributed by atoms with Crippen LogP contribution in [-0.4, -0.2) is 30.2 Å². The molecule has 6 heteroatoms. The average Bonchev–Trinajstić information content (AvgIpc) is 2.64. The first-order valence-electron chi connectivity index (χ1n) is 8.39. The molecule has 0 radical (unpaired) electrons. The fraction of sp³-hybridized carbons (Fsp3) is 0.444. The summed E-state index contributed by atoms with van der Waals surface area (Å²) in [6.45, 7) is 0.546. The number of amides is 2.